The van der Waals surface area contributed by atoms with E-state index in [4.69, 9.17) is 38.0 Å². The Hall–Kier alpha value is -2.22. The van der Waals surface area contributed by atoms with E-state index in [0.717, 1.165) is 22.4 Å². The zero-order valence-corrected chi connectivity index (χ0v) is 19.3. The Bertz CT molecular complexity index is 987. The number of halogens is 1. The van der Waals surface area contributed by atoms with E-state index < -0.39 is 0 Å². The van der Waals surface area contributed by atoms with Gasteiger partial charge in [-0.25, -0.2) is 0 Å². The van der Waals surface area contributed by atoms with Crippen LogP contribution in [-0.4, -0.2) is 30.0 Å². The van der Waals surface area contributed by atoms with Crippen LogP contribution in [0.5, 0.6) is 17.2 Å². The van der Waals surface area contributed by atoms with Crippen LogP contribution in [0.3, 0.4) is 0 Å². The van der Waals surface area contributed by atoms with Gasteiger partial charge in [-0.1, -0.05) is 41.6 Å². The van der Waals surface area contributed by atoms with Gasteiger partial charge in [-0.15, -0.1) is 0 Å². The second kappa shape index (κ2) is 10.2. The number of ether oxygens (including phenoxy) is 3. The lowest BCUT2D eigenvalue weighted by Gasteiger charge is -2.15. The standard InChI is InChI=1S/C22H22ClNO4S2/c1-4-26-18-11-15(12-19-21(25)24-22(29)30-19)10-17(23)20(18)28-6-5-27-16-8-13(2)7-14(3)9-16/h7-12H,4-6H2,1-3H3,(H,24,25,29)/b19-12-. The van der Waals surface area contributed by atoms with Crippen molar-refractivity contribution in [2.45, 2.75) is 20.8 Å². The van der Waals surface area contributed by atoms with Gasteiger partial charge in [0.25, 0.3) is 5.91 Å². The van der Waals surface area contributed by atoms with E-state index in [1.54, 1.807) is 18.2 Å². The predicted octanol–water partition coefficient (Wildman–Crippen LogP) is 5.30. The van der Waals surface area contributed by atoms with Gasteiger partial charge in [-0.05, 0) is 67.8 Å². The van der Waals surface area contributed by atoms with E-state index in [0.29, 0.717) is 45.6 Å². The van der Waals surface area contributed by atoms with Gasteiger partial charge < -0.3 is 19.5 Å². The van der Waals surface area contributed by atoms with E-state index in [1.807, 2.05) is 32.9 Å². The average molecular weight is 464 g/mol. The first-order valence-electron chi connectivity index (χ1n) is 9.41. The van der Waals surface area contributed by atoms with Crippen molar-refractivity contribution in [2.24, 2.45) is 0 Å². The molecule has 158 valence electrons. The molecule has 1 aliphatic heterocycles. The highest BCUT2D eigenvalue weighted by Gasteiger charge is 2.22. The third kappa shape index (κ3) is 5.90. The summed E-state index contributed by atoms with van der Waals surface area (Å²) in [5.41, 5.74) is 3.02. The molecule has 0 aromatic heterocycles. The number of carbonyl (C=O) groups is 1. The molecule has 1 heterocycles. The molecular weight excluding hydrogens is 442 g/mol. The van der Waals surface area contributed by atoms with E-state index in [1.165, 1.54) is 11.8 Å². The molecule has 0 saturated carbocycles. The summed E-state index contributed by atoms with van der Waals surface area (Å²) in [7, 11) is 0. The van der Waals surface area contributed by atoms with Crippen molar-refractivity contribution >= 4 is 51.9 Å². The van der Waals surface area contributed by atoms with Crippen LogP contribution in [0.2, 0.25) is 5.02 Å². The van der Waals surface area contributed by atoms with Crippen molar-refractivity contribution in [1.82, 2.24) is 5.32 Å². The van der Waals surface area contributed by atoms with Crippen LogP contribution >= 0.6 is 35.6 Å². The first-order chi connectivity index (χ1) is 14.4. The average Bonchev–Trinajstić information content (AvgIpc) is 2.97. The SMILES string of the molecule is CCOc1cc(/C=C2\SC(=S)NC2=O)cc(Cl)c1OCCOc1cc(C)cc(C)c1. The summed E-state index contributed by atoms with van der Waals surface area (Å²) < 4.78 is 17.8. The number of thiocarbonyl (C=S) groups is 1. The molecule has 1 amide bonds. The van der Waals surface area contributed by atoms with Gasteiger partial charge in [0.2, 0.25) is 0 Å². The molecule has 30 heavy (non-hydrogen) atoms. The number of nitrogens with one attached hydrogen (secondary N) is 1. The summed E-state index contributed by atoms with van der Waals surface area (Å²) in [6.07, 6.45) is 1.72. The lowest BCUT2D eigenvalue weighted by atomic mass is 10.1. The molecule has 0 radical (unpaired) electrons. The zero-order valence-electron chi connectivity index (χ0n) is 16.9. The molecule has 5 nitrogen and oxygen atoms in total. The number of hydrogen-bond donors (Lipinski definition) is 1. The van der Waals surface area contributed by atoms with Gasteiger partial charge in [-0.2, -0.15) is 0 Å². The fourth-order valence-electron chi connectivity index (χ4n) is 2.97. The Kier molecular flexibility index (Phi) is 7.64. The summed E-state index contributed by atoms with van der Waals surface area (Å²) in [5, 5.41) is 2.99. The summed E-state index contributed by atoms with van der Waals surface area (Å²) in [4.78, 5) is 12.4. The van der Waals surface area contributed by atoms with Crippen LogP contribution in [-0.2, 0) is 4.79 Å². The first-order valence-corrected chi connectivity index (χ1v) is 11.0. The Morgan fingerprint density at radius 1 is 1.07 bits per heavy atom. The van der Waals surface area contributed by atoms with E-state index in [2.05, 4.69) is 11.4 Å². The molecule has 1 fully saturated rings. The second-order valence-corrected chi connectivity index (χ2v) is 8.76. The van der Waals surface area contributed by atoms with Crippen LogP contribution in [0, 0.1) is 13.8 Å². The smallest absolute Gasteiger partial charge is 0.263 e. The van der Waals surface area contributed by atoms with Crippen LogP contribution < -0.4 is 19.5 Å². The fourth-order valence-corrected chi connectivity index (χ4v) is 4.28. The Labute approximate surface area is 190 Å². The number of benzene rings is 2. The third-order valence-corrected chi connectivity index (χ3v) is 5.51. The van der Waals surface area contributed by atoms with Gasteiger partial charge in [0.1, 0.15) is 23.3 Å². The van der Waals surface area contributed by atoms with Gasteiger partial charge in [0.05, 0.1) is 16.5 Å². The van der Waals surface area contributed by atoms with E-state index in [9.17, 15) is 4.79 Å². The maximum Gasteiger partial charge on any atom is 0.263 e. The van der Waals surface area contributed by atoms with E-state index >= 15 is 0 Å². The Morgan fingerprint density at radius 3 is 2.40 bits per heavy atom. The van der Waals surface area contributed by atoms with Gasteiger partial charge in [0, 0.05) is 0 Å². The molecule has 3 rings (SSSR count). The quantitative estimate of drug-likeness (QED) is 0.325. The largest absolute Gasteiger partial charge is 0.490 e. The maximum absolute atomic E-state index is 11.9. The van der Waals surface area contributed by atoms with E-state index in [-0.39, 0.29) is 5.91 Å². The minimum atomic E-state index is -0.219. The molecule has 1 N–H and O–H groups in total. The van der Waals surface area contributed by atoms with Crippen LogP contribution in [0.15, 0.2) is 35.2 Å². The highest BCUT2D eigenvalue weighted by atomic mass is 35.5. The van der Waals surface area contributed by atoms with Crippen molar-refractivity contribution < 1.29 is 19.0 Å². The Balaban J connectivity index is 1.70. The van der Waals surface area contributed by atoms with Crippen molar-refractivity contribution in [3.05, 3.63) is 56.9 Å². The summed E-state index contributed by atoms with van der Waals surface area (Å²) in [6, 6.07) is 9.58. The number of aryl methyl sites for hydroxylation is 2. The number of rotatable bonds is 8. The second-order valence-electron chi connectivity index (χ2n) is 6.64. The molecule has 1 aliphatic rings. The third-order valence-electron chi connectivity index (χ3n) is 4.07. The summed E-state index contributed by atoms with van der Waals surface area (Å²) >= 11 is 12.7. The lowest BCUT2D eigenvalue weighted by Crippen LogP contribution is -2.17. The van der Waals surface area contributed by atoms with Crippen molar-refractivity contribution in [1.29, 1.82) is 0 Å². The normalized spacial score (nSPS) is 14.7. The minimum absolute atomic E-state index is 0.219. The van der Waals surface area contributed by atoms with Crippen molar-refractivity contribution in [3.8, 4) is 17.2 Å². The summed E-state index contributed by atoms with van der Waals surface area (Å²) in [5.74, 6) is 1.54. The van der Waals surface area contributed by atoms with Gasteiger partial charge in [-0.3, -0.25) is 4.79 Å². The molecule has 2 aromatic rings. The zero-order chi connectivity index (χ0) is 21.7. The fraction of sp³-hybridized carbons (Fsp3) is 0.273. The monoisotopic (exact) mass is 463 g/mol. The molecule has 0 unspecified atom stereocenters. The molecule has 0 aliphatic carbocycles. The molecule has 1 saturated heterocycles. The Morgan fingerprint density at radius 2 is 1.77 bits per heavy atom. The minimum Gasteiger partial charge on any atom is -0.490 e. The highest BCUT2D eigenvalue weighted by Crippen LogP contribution is 2.38. The summed E-state index contributed by atoms with van der Waals surface area (Å²) in [6.45, 7) is 7.06. The van der Waals surface area contributed by atoms with Gasteiger partial charge >= 0.3 is 0 Å². The number of carbonyl (C=O) groups excluding carboxylic acids is 1. The maximum atomic E-state index is 11.9. The molecule has 0 atom stereocenters. The van der Waals surface area contributed by atoms with Crippen LogP contribution in [0.4, 0.5) is 0 Å². The molecule has 0 bridgehead atoms. The van der Waals surface area contributed by atoms with Crippen molar-refractivity contribution in [2.75, 3.05) is 19.8 Å². The lowest BCUT2D eigenvalue weighted by molar-refractivity contribution is -0.115. The van der Waals surface area contributed by atoms with Crippen LogP contribution in [0.1, 0.15) is 23.6 Å². The number of amides is 1. The topological polar surface area (TPSA) is 56.8 Å². The molecule has 0 spiro atoms. The molecule has 2 aromatic carbocycles. The molecular formula is C22H22ClNO4S2. The number of hydrogen-bond acceptors (Lipinski definition) is 6. The van der Waals surface area contributed by atoms with Crippen LogP contribution in [0.25, 0.3) is 6.08 Å². The van der Waals surface area contributed by atoms with Gasteiger partial charge in [0.15, 0.2) is 11.5 Å². The highest BCUT2D eigenvalue weighted by molar-refractivity contribution is 8.26. The van der Waals surface area contributed by atoms with Crippen molar-refractivity contribution in [3.63, 3.8) is 0 Å². The first kappa shape index (κ1) is 22.5. The predicted molar refractivity (Wildman–Crippen MR) is 126 cm³/mol. The number of thioether (sulfide) groups is 1. The molecule has 8 heteroatoms.